The predicted molar refractivity (Wildman–Crippen MR) is 63.5 cm³/mol. The lowest BCUT2D eigenvalue weighted by Crippen LogP contribution is -2.32. The summed E-state index contributed by atoms with van der Waals surface area (Å²) in [5, 5.41) is 12.9. The number of nitrogens with one attached hydrogen (secondary N) is 1. The highest BCUT2D eigenvalue weighted by molar-refractivity contribution is 5.20. The lowest BCUT2D eigenvalue weighted by molar-refractivity contribution is 0.106. The highest BCUT2D eigenvalue weighted by Gasteiger charge is 2.20. The highest BCUT2D eigenvalue weighted by atomic mass is 16.5. The van der Waals surface area contributed by atoms with Gasteiger partial charge in [-0.3, -0.25) is 0 Å². The van der Waals surface area contributed by atoms with E-state index in [2.05, 4.69) is 5.32 Å². The first-order valence-electron chi connectivity index (χ1n) is 5.91. The first-order chi connectivity index (χ1) is 7.84. The zero-order chi connectivity index (χ0) is 11.2. The quantitative estimate of drug-likeness (QED) is 0.732. The molecule has 1 aliphatic carbocycles. The van der Waals surface area contributed by atoms with Crippen LogP contribution in [0, 0.1) is 5.92 Å². The van der Waals surface area contributed by atoms with Crippen molar-refractivity contribution in [2.45, 2.75) is 18.9 Å². The molecule has 0 heterocycles. The average molecular weight is 221 g/mol. The van der Waals surface area contributed by atoms with Crippen LogP contribution in [-0.2, 0) is 0 Å². The number of aliphatic hydroxyl groups is 1. The standard InChI is InChI=1S/C13H19NO2/c15-12(9-14-8-11-6-7-11)10-16-13-4-2-1-3-5-13/h1-5,11-12,14-15H,6-10H2. The Kier molecular flexibility index (Phi) is 4.19. The maximum absolute atomic E-state index is 9.66. The van der Waals surface area contributed by atoms with Crippen molar-refractivity contribution in [2.75, 3.05) is 19.7 Å². The van der Waals surface area contributed by atoms with E-state index < -0.39 is 6.10 Å². The van der Waals surface area contributed by atoms with Crippen molar-refractivity contribution < 1.29 is 9.84 Å². The van der Waals surface area contributed by atoms with E-state index in [1.54, 1.807) is 0 Å². The van der Waals surface area contributed by atoms with E-state index in [-0.39, 0.29) is 0 Å². The van der Waals surface area contributed by atoms with Gasteiger partial charge in [-0.25, -0.2) is 0 Å². The predicted octanol–water partition coefficient (Wildman–Crippen LogP) is 1.43. The van der Waals surface area contributed by atoms with Crippen molar-refractivity contribution in [1.82, 2.24) is 5.32 Å². The van der Waals surface area contributed by atoms with E-state index in [4.69, 9.17) is 4.74 Å². The molecular weight excluding hydrogens is 202 g/mol. The van der Waals surface area contributed by atoms with Crippen LogP contribution in [0.1, 0.15) is 12.8 Å². The summed E-state index contributed by atoms with van der Waals surface area (Å²) < 4.78 is 5.45. The first kappa shape index (κ1) is 11.4. The summed E-state index contributed by atoms with van der Waals surface area (Å²) in [5.41, 5.74) is 0. The summed E-state index contributed by atoms with van der Waals surface area (Å²) >= 11 is 0. The second-order valence-electron chi connectivity index (χ2n) is 4.38. The van der Waals surface area contributed by atoms with Crippen molar-refractivity contribution in [2.24, 2.45) is 5.92 Å². The summed E-state index contributed by atoms with van der Waals surface area (Å²) in [6.07, 6.45) is 2.24. The maximum atomic E-state index is 9.66. The monoisotopic (exact) mass is 221 g/mol. The maximum Gasteiger partial charge on any atom is 0.119 e. The minimum Gasteiger partial charge on any atom is -0.491 e. The van der Waals surface area contributed by atoms with E-state index in [0.29, 0.717) is 13.2 Å². The topological polar surface area (TPSA) is 41.5 Å². The van der Waals surface area contributed by atoms with Gasteiger partial charge >= 0.3 is 0 Å². The van der Waals surface area contributed by atoms with E-state index >= 15 is 0 Å². The Morgan fingerprint density at radius 1 is 1.31 bits per heavy atom. The molecule has 88 valence electrons. The van der Waals surface area contributed by atoms with Crippen LogP contribution < -0.4 is 10.1 Å². The van der Waals surface area contributed by atoms with Gasteiger partial charge in [-0.1, -0.05) is 18.2 Å². The van der Waals surface area contributed by atoms with Crippen LogP contribution in [0.2, 0.25) is 0 Å². The van der Waals surface area contributed by atoms with Gasteiger partial charge in [0.15, 0.2) is 0 Å². The second-order valence-corrected chi connectivity index (χ2v) is 4.38. The molecule has 0 aromatic heterocycles. The molecule has 2 rings (SSSR count). The zero-order valence-corrected chi connectivity index (χ0v) is 9.43. The molecule has 3 nitrogen and oxygen atoms in total. The van der Waals surface area contributed by atoms with Gasteiger partial charge in [0.05, 0.1) is 0 Å². The molecule has 1 atom stereocenters. The fraction of sp³-hybridized carbons (Fsp3) is 0.538. The van der Waals surface area contributed by atoms with E-state index in [0.717, 1.165) is 18.2 Å². The van der Waals surface area contributed by atoms with Crippen molar-refractivity contribution in [3.8, 4) is 5.75 Å². The third-order valence-electron chi connectivity index (χ3n) is 2.70. The normalized spacial score (nSPS) is 17.1. The minimum absolute atomic E-state index is 0.349. The van der Waals surface area contributed by atoms with Gasteiger partial charge in [-0.05, 0) is 37.4 Å². The molecular formula is C13H19NO2. The van der Waals surface area contributed by atoms with E-state index in [1.165, 1.54) is 12.8 Å². The molecule has 16 heavy (non-hydrogen) atoms. The smallest absolute Gasteiger partial charge is 0.119 e. The second kappa shape index (κ2) is 5.87. The average Bonchev–Trinajstić information content (AvgIpc) is 3.12. The van der Waals surface area contributed by atoms with Crippen LogP contribution in [0.3, 0.4) is 0 Å². The molecule has 1 aliphatic rings. The van der Waals surface area contributed by atoms with Gasteiger partial charge in [0.25, 0.3) is 0 Å². The molecule has 1 fully saturated rings. The van der Waals surface area contributed by atoms with E-state index in [9.17, 15) is 5.11 Å². The summed E-state index contributed by atoms with van der Waals surface area (Å²) in [7, 11) is 0. The van der Waals surface area contributed by atoms with Crippen LogP contribution in [0.5, 0.6) is 5.75 Å². The molecule has 0 aliphatic heterocycles. The van der Waals surface area contributed by atoms with Crippen LogP contribution in [-0.4, -0.2) is 30.9 Å². The largest absolute Gasteiger partial charge is 0.491 e. The summed E-state index contributed by atoms with van der Waals surface area (Å²) in [5.74, 6) is 1.66. The Labute approximate surface area is 96.4 Å². The molecule has 0 saturated heterocycles. The molecule has 0 radical (unpaired) electrons. The Bertz CT molecular complexity index is 298. The third kappa shape index (κ3) is 4.21. The number of benzene rings is 1. The van der Waals surface area contributed by atoms with Crippen molar-refractivity contribution >= 4 is 0 Å². The van der Waals surface area contributed by atoms with Gasteiger partial charge in [0.2, 0.25) is 0 Å². The van der Waals surface area contributed by atoms with Crippen molar-refractivity contribution in [1.29, 1.82) is 0 Å². The Morgan fingerprint density at radius 2 is 2.06 bits per heavy atom. The lowest BCUT2D eigenvalue weighted by atomic mass is 10.3. The lowest BCUT2D eigenvalue weighted by Gasteiger charge is -2.12. The number of para-hydroxylation sites is 1. The van der Waals surface area contributed by atoms with Crippen LogP contribution in [0.25, 0.3) is 0 Å². The summed E-state index contributed by atoms with van der Waals surface area (Å²) in [6, 6.07) is 9.58. The first-order valence-corrected chi connectivity index (χ1v) is 5.91. The SMILES string of the molecule is OC(CNCC1CC1)COc1ccccc1. The van der Waals surface area contributed by atoms with Crippen LogP contribution in [0.15, 0.2) is 30.3 Å². The number of hydrogen-bond acceptors (Lipinski definition) is 3. The Hall–Kier alpha value is -1.06. The minimum atomic E-state index is -0.432. The molecule has 1 unspecified atom stereocenters. The number of ether oxygens (including phenoxy) is 1. The van der Waals surface area contributed by atoms with E-state index in [1.807, 2.05) is 30.3 Å². The molecule has 1 aromatic rings. The molecule has 1 aromatic carbocycles. The highest BCUT2D eigenvalue weighted by Crippen LogP contribution is 2.27. The Morgan fingerprint density at radius 3 is 2.75 bits per heavy atom. The fourth-order valence-electron chi connectivity index (χ4n) is 1.54. The molecule has 1 saturated carbocycles. The molecule has 0 amide bonds. The van der Waals surface area contributed by atoms with Crippen molar-refractivity contribution in [3.63, 3.8) is 0 Å². The van der Waals surface area contributed by atoms with Gasteiger partial charge in [-0.2, -0.15) is 0 Å². The molecule has 0 bridgehead atoms. The number of rotatable bonds is 7. The molecule has 3 heteroatoms. The van der Waals surface area contributed by atoms with Gasteiger partial charge in [0.1, 0.15) is 18.5 Å². The van der Waals surface area contributed by atoms with Crippen LogP contribution >= 0.6 is 0 Å². The molecule has 2 N–H and O–H groups in total. The van der Waals surface area contributed by atoms with Crippen LogP contribution in [0.4, 0.5) is 0 Å². The van der Waals surface area contributed by atoms with Gasteiger partial charge in [0, 0.05) is 6.54 Å². The summed E-state index contributed by atoms with van der Waals surface area (Å²) in [4.78, 5) is 0. The van der Waals surface area contributed by atoms with Gasteiger partial charge < -0.3 is 15.2 Å². The summed E-state index contributed by atoms with van der Waals surface area (Å²) in [6.45, 7) is 1.99. The Balaban J connectivity index is 1.57. The number of aliphatic hydroxyl groups excluding tert-OH is 1. The van der Waals surface area contributed by atoms with Crippen molar-refractivity contribution in [3.05, 3.63) is 30.3 Å². The third-order valence-corrected chi connectivity index (χ3v) is 2.70. The number of hydrogen-bond donors (Lipinski definition) is 2. The fourth-order valence-corrected chi connectivity index (χ4v) is 1.54. The molecule has 0 spiro atoms. The zero-order valence-electron chi connectivity index (χ0n) is 9.43. The van der Waals surface area contributed by atoms with Gasteiger partial charge in [-0.15, -0.1) is 0 Å².